The maximum atomic E-state index is 12.0. The lowest BCUT2D eigenvalue weighted by atomic mass is 10.0. The monoisotopic (exact) mass is 304 g/mol. The van der Waals surface area contributed by atoms with E-state index in [1.165, 1.54) is 6.07 Å². The smallest absolute Gasteiger partial charge is 0.253 e. The number of hydrogen-bond acceptors (Lipinski definition) is 2. The van der Waals surface area contributed by atoms with E-state index in [2.05, 4.69) is 5.32 Å². The Bertz CT molecular complexity index is 477. The quantitative estimate of drug-likeness (QED) is 0.841. The number of carbonyl (C=O) groups excluding carboxylic acids is 1. The number of carbonyl (C=O) groups is 1. The van der Waals surface area contributed by atoms with Crippen molar-refractivity contribution in [1.29, 1.82) is 0 Å². The molecule has 1 atom stereocenters. The van der Waals surface area contributed by atoms with Crippen LogP contribution in [-0.2, 0) is 0 Å². The number of nitrogens with two attached hydrogens (primary N) is 1. The highest BCUT2D eigenvalue weighted by Gasteiger charge is 2.20. The van der Waals surface area contributed by atoms with Crippen molar-refractivity contribution in [3.8, 4) is 0 Å². The summed E-state index contributed by atoms with van der Waals surface area (Å²) in [4.78, 5) is 12.3. The van der Waals surface area contributed by atoms with Crippen LogP contribution in [-0.4, -0.2) is 16.9 Å². The van der Waals surface area contributed by atoms with E-state index >= 15 is 0 Å². The van der Waals surface area contributed by atoms with Gasteiger partial charge in [-0.05, 0) is 24.1 Å². The SMILES string of the molecule is CC(C)C(NC(=O)c1ccc(Cl)cc1Cl)C(N)=S. The number of halogens is 2. The van der Waals surface area contributed by atoms with Gasteiger partial charge in [0.05, 0.1) is 21.6 Å². The molecule has 0 fully saturated rings. The summed E-state index contributed by atoms with van der Waals surface area (Å²) in [5, 5.41) is 3.53. The Morgan fingerprint density at radius 2 is 2.00 bits per heavy atom. The lowest BCUT2D eigenvalue weighted by Crippen LogP contribution is -2.46. The summed E-state index contributed by atoms with van der Waals surface area (Å²) in [5.74, 6) is -0.208. The van der Waals surface area contributed by atoms with E-state index in [9.17, 15) is 4.79 Å². The second kappa shape index (κ2) is 6.36. The molecule has 1 rings (SSSR count). The summed E-state index contributed by atoms with van der Waals surface area (Å²) >= 11 is 16.7. The molecule has 3 nitrogen and oxygen atoms in total. The molecule has 0 bridgehead atoms. The molecule has 0 saturated carbocycles. The van der Waals surface area contributed by atoms with Crippen LogP contribution in [0.2, 0.25) is 10.0 Å². The van der Waals surface area contributed by atoms with Crippen molar-refractivity contribution >= 4 is 46.3 Å². The summed E-state index contributed by atoms with van der Waals surface area (Å²) < 4.78 is 0. The van der Waals surface area contributed by atoms with Crippen molar-refractivity contribution in [2.24, 2.45) is 11.7 Å². The van der Waals surface area contributed by atoms with Crippen LogP contribution in [0.1, 0.15) is 24.2 Å². The zero-order chi connectivity index (χ0) is 13.9. The highest BCUT2D eigenvalue weighted by atomic mass is 35.5. The topological polar surface area (TPSA) is 55.1 Å². The molecular weight excluding hydrogens is 291 g/mol. The molecule has 6 heteroatoms. The average molecular weight is 305 g/mol. The normalized spacial score (nSPS) is 12.3. The molecule has 0 radical (unpaired) electrons. The van der Waals surface area contributed by atoms with Gasteiger partial charge in [-0.1, -0.05) is 49.3 Å². The molecule has 1 aromatic rings. The van der Waals surface area contributed by atoms with Crippen LogP contribution >= 0.6 is 35.4 Å². The van der Waals surface area contributed by atoms with Crippen LogP contribution in [0.15, 0.2) is 18.2 Å². The van der Waals surface area contributed by atoms with Gasteiger partial charge < -0.3 is 11.1 Å². The third-order valence-corrected chi connectivity index (χ3v) is 3.24. The van der Waals surface area contributed by atoms with E-state index in [4.69, 9.17) is 41.2 Å². The van der Waals surface area contributed by atoms with Crippen LogP contribution in [0.3, 0.4) is 0 Å². The van der Waals surface area contributed by atoms with Crippen molar-refractivity contribution in [3.63, 3.8) is 0 Å². The largest absolute Gasteiger partial charge is 0.392 e. The van der Waals surface area contributed by atoms with Gasteiger partial charge in [0.25, 0.3) is 5.91 Å². The third-order valence-electron chi connectivity index (χ3n) is 2.44. The van der Waals surface area contributed by atoms with E-state index in [1.807, 2.05) is 13.8 Å². The van der Waals surface area contributed by atoms with Gasteiger partial charge in [-0.15, -0.1) is 0 Å². The van der Waals surface area contributed by atoms with Gasteiger partial charge in [0.2, 0.25) is 0 Å². The van der Waals surface area contributed by atoms with Crippen LogP contribution in [0.4, 0.5) is 0 Å². The third kappa shape index (κ3) is 3.83. The predicted molar refractivity (Wildman–Crippen MR) is 79.3 cm³/mol. The first kappa shape index (κ1) is 15.2. The fraction of sp³-hybridized carbons (Fsp3) is 0.333. The first-order valence-corrected chi connectivity index (χ1v) is 6.54. The Hall–Kier alpha value is -0.840. The average Bonchev–Trinajstić information content (AvgIpc) is 2.24. The van der Waals surface area contributed by atoms with Crippen LogP contribution in [0.5, 0.6) is 0 Å². The molecule has 1 aromatic carbocycles. The molecule has 0 aliphatic carbocycles. The maximum absolute atomic E-state index is 12.0. The standard InChI is InChI=1S/C12H14Cl2N2OS/c1-6(2)10(11(15)18)16-12(17)8-4-3-7(13)5-9(8)14/h3-6,10H,1-2H3,(H2,15,18)(H,16,17). The van der Waals surface area contributed by atoms with Crippen LogP contribution in [0, 0.1) is 5.92 Å². The van der Waals surface area contributed by atoms with E-state index in [-0.39, 0.29) is 22.9 Å². The molecule has 98 valence electrons. The number of nitrogens with one attached hydrogen (secondary N) is 1. The predicted octanol–water partition coefficient (Wildman–Crippen LogP) is 3.03. The first-order chi connectivity index (χ1) is 8.32. The van der Waals surface area contributed by atoms with Crippen molar-refractivity contribution < 1.29 is 4.79 Å². The summed E-state index contributed by atoms with van der Waals surface area (Å²) in [5.41, 5.74) is 5.94. The molecule has 0 spiro atoms. The highest BCUT2D eigenvalue weighted by molar-refractivity contribution is 7.80. The number of amides is 1. The lowest BCUT2D eigenvalue weighted by molar-refractivity contribution is 0.0940. The van der Waals surface area contributed by atoms with Crippen molar-refractivity contribution in [1.82, 2.24) is 5.32 Å². The molecule has 0 aliphatic rings. The molecule has 0 heterocycles. The maximum Gasteiger partial charge on any atom is 0.253 e. The molecule has 3 N–H and O–H groups in total. The van der Waals surface area contributed by atoms with E-state index < -0.39 is 0 Å². The zero-order valence-electron chi connectivity index (χ0n) is 10.0. The van der Waals surface area contributed by atoms with Crippen molar-refractivity contribution in [2.75, 3.05) is 0 Å². The summed E-state index contributed by atoms with van der Waals surface area (Å²) in [6.07, 6.45) is 0. The Morgan fingerprint density at radius 3 is 2.44 bits per heavy atom. The van der Waals surface area contributed by atoms with Gasteiger partial charge in [-0.3, -0.25) is 4.79 Å². The number of thiocarbonyl (C=S) groups is 1. The van der Waals surface area contributed by atoms with Gasteiger partial charge in [0.1, 0.15) is 0 Å². The van der Waals surface area contributed by atoms with Crippen LogP contribution in [0.25, 0.3) is 0 Å². The number of rotatable bonds is 4. The lowest BCUT2D eigenvalue weighted by Gasteiger charge is -2.21. The van der Waals surface area contributed by atoms with Gasteiger partial charge >= 0.3 is 0 Å². The second-order valence-corrected chi connectivity index (χ2v) is 5.54. The van der Waals surface area contributed by atoms with Gasteiger partial charge in [-0.2, -0.15) is 0 Å². The molecule has 18 heavy (non-hydrogen) atoms. The minimum Gasteiger partial charge on any atom is -0.392 e. The first-order valence-electron chi connectivity index (χ1n) is 5.38. The molecule has 0 aliphatic heterocycles. The molecule has 0 aromatic heterocycles. The summed E-state index contributed by atoms with van der Waals surface area (Å²) in [6, 6.07) is 4.33. The van der Waals surface area contributed by atoms with Gasteiger partial charge in [0.15, 0.2) is 0 Å². The Labute approximate surface area is 122 Å². The minimum atomic E-state index is -0.362. The Kier molecular flexibility index (Phi) is 5.38. The Balaban J connectivity index is 2.91. The number of hydrogen-bond donors (Lipinski definition) is 2. The van der Waals surface area contributed by atoms with E-state index in [0.717, 1.165) is 0 Å². The van der Waals surface area contributed by atoms with Crippen LogP contribution < -0.4 is 11.1 Å². The molecular formula is C12H14Cl2N2OS. The second-order valence-electron chi connectivity index (χ2n) is 4.22. The minimum absolute atomic E-state index is 0.109. The molecule has 0 saturated heterocycles. The Morgan fingerprint density at radius 1 is 1.39 bits per heavy atom. The van der Waals surface area contributed by atoms with Crippen molar-refractivity contribution in [3.05, 3.63) is 33.8 Å². The fourth-order valence-corrected chi connectivity index (χ4v) is 2.28. The van der Waals surface area contributed by atoms with E-state index in [0.29, 0.717) is 15.6 Å². The number of benzene rings is 1. The fourth-order valence-electron chi connectivity index (χ4n) is 1.46. The van der Waals surface area contributed by atoms with Crippen molar-refractivity contribution in [2.45, 2.75) is 19.9 Å². The van der Waals surface area contributed by atoms with Gasteiger partial charge in [0, 0.05) is 5.02 Å². The molecule has 1 amide bonds. The molecule has 1 unspecified atom stereocenters. The highest BCUT2D eigenvalue weighted by Crippen LogP contribution is 2.21. The van der Waals surface area contributed by atoms with Gasteiger partial charge in [-0.25, -0.2) is 0 Å². The zero-order valence-corrected chi connectivity index (χ0v) is 12.4. The summed E-state index contributed by atoms with van der Waals surface area (Å²) in [7, 11) is 0. The summed E-state index contributed by atoms with van der Waals surface area (Å²) in [6.45, 7) is 3.85. The van der Waals surface area contributed by atoms with E-state index in [1.54, 1.807) is 12.1 Å².